The smallest absolute Gasteiger partial charge is 0.326 e. The molecule has 0 bridgehead atoms. The third-order valence-electron chi connectivity index (χ3n) is 18.8. The Bertz CT molecular complexity index is 4020. The third kappa shape index (κ3) is 37.1. The molecule has 1 aliphatic rings. The van der Waals surface area contributed by atoms with Gasteiger partial charge in [0.2, 0.25) is 88.6 Å². The van der Waals surface area contributed by atoms with Crippen molar-refractivity contribution in [2.24, 2.45) is 35.0 Å². The van der Waals surface area contributed by atoms with Gasteiger partial charge in [0.15, 0.2) is 5.96 Å². The number of carboxylic acids is 2. The summed E-state index contributed by atoms with van der Waals surface area (Å²) in [6, 6.07) is -6.59. The molecule has 12 atom stereocenters. The molecule has 0 unspecified atom stereocenters. The van der Waals surface area contributed by atoms with Gasteiger partial charge in [-0.15, -0.1) is 0 Å². The molecule has 3 aromatic rings. The predicted molar refractivity (Wildman–Crippen MR) is 433 cm³/mol. The van der Waals surface area contributed by atoms with Crippen LogP contribution in [-0.2, 0) is 101 Å². The average molecular weight is 1700 g/mol. The number of nitrogens with zero attached hydrogens (tertiary/aromatic N) is 2. The number of aromatic hydroxyl groups is 2. The number of unbranched alkanes of at least 4 members (excludes halogenated alkanes) is 1. The summed E-state index contributed by atoms with van der Waals surface area (Å²) in [7, 11) is 0. The highest BCUT2D eigenvalue weighted by molar-refractivity contribution is 6.01. The van der Waals surface area contributed by atoms with Crippen molar-refractivity contribution in [3.63, 3.8) is 0 Å². The number of nitrogens with two attached hydrogens (primary N) is 3. The number of H-pyrrole nitrogens is 1. The van der Waals surface area contributed by atoms with Crippen LogP contribution in [0.1, 0.15) is 136 Å². The number of likely N-dealkylation sites (tertiary alicyclic amines) is 1. The van der Waals surface area contributed by atoms with Gasteiger partial charge in [-0.25, -0.2) is 9.78 Å². The fourth-order valence-corrected chi connectivity index (χ4v) is 12.6. The number of nitrogens with one attached hydrogen (secondary N) is 17. The Hall–Kier alpha value is -12.6. The van der Waals surface area contributed by atoms with Gasteiger partial charge in [-0.2, -0.15) is 0 Å². The Balaban J connectivity index is 1.41. The van der Waals surface area contributed by atoms with Crippen LogP contribution in [0, 0.1) is 23.2 Å². The summed E-state index contributed by atoms with van der Waals surface area (Å²) in [5, 5.41) is 94.7. The van der Waals surface area contributed by atoms with Crippen LogP contribution in [0.4, 0.5) is 0 Å². The van der Waals surface area contributed by atoms with E-state index in [1.54, 1.807) is 41.5 Å². The summed E-state index contributed by atoms with van der Waals surface area (Å²) < 4.78 is 0. The number of aromatic nitrogens is 2. The van der Waals surface area contributed by atoms with Crippen molar-refractivity contribution >= 4 is 107 Å². The van der Waals surface area contributed by atoms with E-state index in [2.05, 4.69) is 89.7 Å². The summed E-state index contributed by atoms with van der Waals surface area (Å²) >= 11 is 0. The largest absolute Gasteiger partial charge is 0.508 e. The first-order chi connectivity index (χ1) is 57.2. The van der Waals surface area contributed by atoms with Gasteiger partial charge in [0, 0.05) is 44.2 Å². The molecule has 15 amide bonds. The molecular formula is C77H118N22O22. The predicted octanol–water partition coefficient (Wildman–Crippen LogP) is -6.42. The Kier molecular flexibility index (Phi) is 43.0. The van der Waals surface area contributed by atoms with Crippen LogP contribution in [0.15, 0.2) is 61.1 Å². The lowest BCUT2D eigenvalue weighted by Crippen LogP contribution is -2.61. The molecule has 2 aromatic carbocycles. The molecule has 668 valence electrons. The van der Waals surface area contributed by atoms with E-state index < -0.39 is 219 Å². The second-order valence-corrected chi connectivity index (χ2v) is 30.4. The number of aliphatic hydroxyl groups excluding tert-OH is 1. The first-order valence-electron chi connectivity index (χ1n) is 39.7. The SMILES string of the molecule is CC(C)C[C@H](NC(=O)[C@H](CCCCN)NC(=O)[C@H](Cc1ccc(O)cc1)NC(=O)[C@H](CC(=O)O)NC(=O)[C@H](Cc1cnc[nH]1)NC(=O)[C@H](CC(C)C)NC(=O)[C@H](CO)NC(=O)[C@H](CC(C)C)NC(=O)CNC(=O)CNC(=O)[C@@H]1CCCN1C(=O)[C@H](C)NC(=O)[C@H](CCCNC(=N)N)NC(=O)CNC(=O)[C@H](Cc1ccc(O)cc1)NC(=O)CN)C(=O)O. The molecule has 1 aliphatic heterocycles. The molecule has 0 saturated carbocycles. The summed E-state index contributed by atoms with van der Waals surface area (Å²) in [6.45, 7) is 8.27. The number of carbonyl (C=O) groups is 17. The first kappa shape index (κ1) is 101. The minimum absolute atomic E-state index is 0.0331. The summed E-state index contributed by atoms with van der Waals surface area (Å²) in [5.41, 5.74) is 17.7. The van der Waals surface area contributed by atoms with Crippen molar-refractivity contribution in [2.45, 2.75) is 211 Å². The monoisotopic (exact) mass is 1700 g/mol. The van der Waals surface area contributed by atoms with Crippen molar-refractivity contribution in [3.05, 3.63) is 77.9 Å². The van der Waals surface area contributed by atoms with Crippen molar-refractivity contribution in [2.75, 3.05) is 52.4 Å². The van der Waals surface area contributed by atoms with Crippen molar-refractivity contribution < 1.29 is 107 Å². The highest BCUT2D eigenvalue weighted by Crippen LogP contribution is 2.21. The minimum atomic E-state index is -2.00. The highest BCUT2D eigenvalue weighted by atomic mass is 16.4. The number of rotatable bonds is 53. The van der Waals surface area contributed by atoms with Crippen molar-refractivity contribution in [3.8, 4) is 11.5 Å². The quantitative estimate of drug-likeness (QED) is 0.0142. The number of hydrogen-bond donors (Lipinski definition) is 25. The molecule has 0 radical (unpaired) electrons. The summed E-state index contributed by atoms with van der Waals surface area (Å²) in [4.78, 5) is 239. The molecule has 1 fully saturated rings. The molecular weight excluding hydrogens is 1580 g/mol. The Labute approximate surface area is 698 Å². The number of phenols is 2. The normalized spacial score (nSPS) is 15.1. The fraction of sp³-hybridized carbons (Fsp3) is 0.571. The van der Waals surface area contributed by atoms with Crippen molar-refractivity contribution in [1.82, 2.24) is 94.6 Å². The number of aliphatic carboxylic acids is 2. The average Bonchev–Trinajstić information content (AvgIpc) is 1.72. The van der Waals surface area contributed by atoms with Crippen LogP contribution < -0.4 is 97.0 Å². The summed E-state index contributed by atoms with van der Waals surface area (Å²) in [6.07, 6.45) is 1.66. The lowest BCUT2D eigenvalue weighted by atomic mass is 10.0. The highest BCUT2D eigenvalue weighted by Gasteiger charge is 2.40. The molecule has 1 saturated heterocycles. The fourth-order valence-electron chi connectivity index (χ4n) is 12.6. The van der Waals surface area contributed by atoms with Gasteiger partial charge in [-0.3, -0.25) is 82.1 Å². The Morgan fingerprint density at radius 3 is 1.44 bits per heavy atom. The van der Waals surface area contributed by atoms with Crippen LogP contribution >= 0.6 is 0 Å². The summed E-state index contributed by atoms with van der Waals surface area (Å²) in [5.74, 6) is -18.3. The van der Waals surface area contributed by atoms with E-state index in [1.807, 2.05) is 0 Å². The maximum atomic E-state index is 14.5. The maximum absolute atomic E-state index is 14.5. The standard InChI is InChI=1S/C77H118N22O22/c1-40(2)26-51(91-62(105)36-84-61(104)35-86-74(118)59-14-11-25-99(59)75(119)43(7)88-66(110)49(13-10-24-83-77(80)81)89-63(106)37-85-65(109)53(90-60(103)33-79)29-44-15-19-47(101)20-16-44)68(112)98-58(38-100)73(117)93-52(27-41(3)4)69(113)95-55(31-46-34-82-39-87-46)71(115)96-56(32-64(107)108)72(116)94-54(30-45-17-21-48(102)22-18-45)70(114)92-50(12-8-9-23-78)67(111)97-57(76(120)121)28-42(5)6/h15-22,34,39-43,49-59,100-102H,8-14,23-33,35-38,78-79H2,1-7H3,(H,82,87)(H,84,104)(H,85,109)(H,86,118)(H,88,110)(H,89,106)(H,90,103)(H,91,105)(H,92,114)(H,93,117)(H,94,116)(H,95,113)(H,96,115)(H,97,111)(H,98,112)(H,107,108)(H,120,121)(H4,80,81,83)/t43-,49-,50-,51-,52-,53-,54-,55-,56-,57-,58-,59-/m0/s1. The molecule has 0 aliphatic carbocycles. The maximum Gasteiger partial charge on any atom is 0.326 e. The third-order valence-corrected chi connectivity index (χ3v) is 18.8. The molecule has 44 heteroatoms. The zero-order valence-corrected chi connectivity index (χ0v) is 68.8. The van der Waals surface area contributed by atoms with Crippen LogP contribution in [0.2, 0.25) is 0 Å². The zero-order chi connectivity index (χ0) is 90.2. The van der Waals surface area contributed by atoms with E-state index in [0.717, 1.165) is 0 Å². The van der Waals surface area contributed by atoms with Gasteiger partial charge in [0.05, 0.1) is 45.5 Å². The van der Waals surface area contributed by atoms with Crippen molar-refractivity contribution in [1.29, 1.82) is 5.41 Å². The number of carboxylic acid groups (broad SMARTS) is 2. The number of benzene rings is 2. The first-order valence-corrected chi connectivity index (χ1v) is 39.7. The van der Waals surface area contributed by atoms with E-state index >= 15 is 0 Å². The minimum Gasteiger partial charge on any atom is -0.508 e. The zero-order valence-electron chi connectivity index (χ0n) is 68.8. The number of hydrogen-bond acceptors (Lipinski definition) is 24. The van der Waals surface area contributed by atoms with Gasteiger partial charge in [0.1, 0.15) is 84.0 Å². The number of phenolic OH excluding ortho intramolecular Hbond substituents is 2. The van der Waals surface area contributed by atoms with E-state index in [-0.39, 0.29) is 125 Å². The van der Waals surface area contributed by atoms with E-state index in [0.29, 0.717) is 24.0 Å². The lowest BCUT2D eigenvalue weighted by Gasteiger charge is -2.28. The number of imidazole rings is 1. The van der Waals surface area contributed by atoms with E-state index in [1.165, 1.54) is 72.9 Å². The number of carbonyl (C=O) groups excluding carboxylic acids is 15. The molecule has 4 rings (SSSR count). The molecule has 121 heavy (non-hydrogen) atoms. The molecule has 0 spiro atoms. The Morgan fingerprint density at radius 2 is 0.917 bits per heavy atom. The van der Waals surface area contributed by atoms with Crippen LogP contribution in [-0.4, -0.2) is 272 Å². The number of amides is 15. The topological polar surface area (TPSA) is 706 Å². The molecule has 28 N–H and O–H groups in total. The number of aromatic amines is 1. The van der Waals surface area contributed by atoms with Crippen LogP contribution in [0.3, 0.4) is 0 Å². The van der Waals surface area contributed by atoms with Gasteiger partial charge < -0.3 is 132 Å². The van der Waals surface area contributed by atoms with Gasteiger partial charge in [-0.1, -0.05) is 65.8 Å². The van der Waals surface area contributed by atoms with Gasteiger partial charge >= 0.3 is 11.9 Å². The molecule has 44 nitrogen and oxygen atoms in total. The molecule has 1 aromatic heterocycles. The van der Waals surface area contributed by atoms with E-state index in [4.69, 9.17) is 22.6 Å². The Morgan fingerprint density at radius 1 is 0.488 bits per heavy atom. The number of aliphatic hydroxyl groups is 1. The van der Waals surface area contributed by atoms with Crippen LogP contribution in [0.5, 0.6) is 11.5 Å². The number of guanidine groups is 1. The lowest BCUT2D eigenvalue weighted by molar-refractivity contribution is -0.143. The van der Waals surface area contributed by atoms with Crippen LogP contribution in [0.25, 0.3) is 0 Å². The second-order valence-electron chi connectivity index (χ2n) is 30.4. The second kappa shape index (κ2) is 51.7. The molecule has 2 heterocycles. The van der Waals surface area contributed by atoms with Gasteiger partial charge in [-0.05, 0) is 131 Å². The van der Waals surface area contributed by atoms with E-state index in [9.17, 15) is 107 Å². The van der Waals surface area contributed by atoms with Gasteiger partial charge in [0.25, 0.3) is 0 Å².